The highest BCUT2D eigenvalue weighted by atomic mass is 16.5. The minimum Gasteiger partial charge on any atom is -0.493 e. The van der Waals surface area contributed by atoms with Crippen molar-refractivity contribution in [3.63, 3.8) is 0 Å². The highest BCUT2D eigenvalue weighted by molar-refractivity contribution is 5.91. The third-order valence-corrected chi connectivity index (χ3v) is 4.74. The van der Waals surface area contributed by atoms with Crippen molar-refractivity contribution in [3.8, 4) is 5.75 Å². The van der Waals surface area contributed by atoms with Crippen LogP contribution in [0.1, 0.15) is 16.7 Å². The molecule has 1 heterocycles. The number of ether oxygens (including phenoxy) is 1. The number of fused-ring (bicyclic) bond motifs is 2. The van der Waals surface area contributed by atoms with Gasteiger partial charge in [0.05, 0.1) is 6.61 Å². The maximum Gasteiger partial charge on any atom is 0.246 e. The van der Waals surface area contributed by atoms with E-state index in [1.807, 2.05) is 37.4 Å². The summed E-state index contributed by atoms with van der Waals surface area (Å²) in [4.78, 5) is 14.2. The number of carbonyl (C=O) groups is 1. The standard InChI is InChI=1S/C23H21NO2/c1-24(16-18-6-9-19-4-2-3-5-20(19)15-18)23(25)11-8-17-7-10-22-21(14-17)12-13-26-22/h2-11,14-15H,12-13,16H2,1H3. The van der Waals surface area contributed by atoms with Crippen molar-refractivity contribution in [2.45, 2.75) is 13.0 Å². The zero-order valence-corrected chi connectivity index (χ0v) is 14.8. The van der Waals surface area contributed by atoms with Crippen LogP contribution in [-0.4, -0.2) is 24.5 Å². The molecule has 3 aromatic carbocycles. The Morgan fingerprint density at radius 3 is 2.81 bits per heavy atom. The van der Waals surface area contributed by atoms with Crippen molar-refractivity contribution in [3.05, 3.63) is 83.4 Å². The molecule has 0 saturated carbocycles. The largest absolute Gasteiger partial charge is 0.493 e. The molecule has 4 rings (SSSR count). The van der Waals surface area contributed by atoms with E-state index in [0.29, 0.717) is 6.54 Å². The number of rotatable bonds is 4. The molecule has 0 N–H and O–H groups in total. The van der Waals surface area contributed by atoms with Gasteiger partial charge >= 0.3 is 0 Å². The molecule has 1 aliphatic rings. The van der Waals surface area contributed by atoms with Crippen LogP contribution in [0.15, 0.2) is 66.7 Å². The van der Waals surface area contributed by atoms with E-state index < -0.39 is 0 Å². The molecule has 3 heteroatoms. The summed E-state index contributed by atoms with van der Waals surface area (Å²) in [6, 6.07) is 20.6. The molecule has 0 saturated heterocycles. The monoisotopic (exact) mass is 343 g/mol. The number of hydrogen-bond donors (Lipinski definition) is 0. The van der Waals surface area contributed by atoms with Crippen LogP contribution in [0, 0.1) is 0 Å². The Hall–Kier alpha value is -3.07. The molecule has 1 aliphatic heterocycles. The van der Waals surface area contributed by atoms with Crippen LogP contribution in [-0.2, 0) is 17.8 Å². The van der Waals surface area contributed by atoms with Gasteiger partial charge in [-0.1, -0.05) is 42.5 Å². The Morgan fingerprint density at radius 2 is 1.92 bits per heavy atom. The van der Waals surface area contributed by atoms with Crippen molar-refractivity contribution >= 4 is 22.8 Å². The first-order chi connectivity index (χ1) is 12.7. The van der Waals surface area contributed by atoms with E-state index in [-0.39, 0.29) is 5.91 Å². The minimum atomic E-state index is -0.00472. The summed E-state index contributed by atoms with van der Waals surface area (Å²) in [7, 11) is 1.83. The molecule has 0 spiro atoms. The van der Waals surface area contributed by atoms with Gasteiger partial charge in [-0.05, 0) is 51.7 Å². The lowest BCUT2D eigenvalue weighted by atomic mass is 10.1. The van der Waals surface area contributed by atoms with E-state index in [9.17, 15) is 4.79 Å². The van der Waals surface area contributed by atoms with Crippen LogP contribution < -0.4 is 4.74 Å². The average molecular weight is 343 g/mol. The summed E-state index contributed by atoms with van der Waals surface area (Å²) >= 11 is 0. The summed E-state index contributed by atoms with van der Waals surface area (Å²) in [5.41, 5.74) is 3.37. The van der Waals surface area contributed by atoms with Crippen LogP contribution in [0.2, 0.25) is 0 Å². The van der Waals surface area contributed by atoms with Crippen LogP contribution in [0.25, 0.3) is 16.8 Å². The van der Waals surface area contributed by atoms with Crippen LogP contribution in [0.4, 0.5) is 0 Å². The number of likely N-dealkylation sites (N-methyl/N-ethyl adjacent to an activating group) is 1. The number of nitrogens with zero attached hydrogens (tertiary/aromatic N) is 1. The molecular formula is C23H21NO2. The molecule has 0 atom stereocenters. The molecule has 0 bridgehead atoms. The maximum absolute atomic E-state index is 12.4. The van der Waals surface area contributed by atoms with Crippen molar-refractivity contribution in [2.75, 3.05) is 13.7 Å². The second kappa shape index (κ2) is 7.04. The van der Waals surface area contributed by atoms with Gasteiger partial charge in [0.1, 0.15) is 5.75 Å². The van der Waals surface area contributed by atoms with Crippen molar-refractivity contribution < 1.29 is 9.53 Å². The van der Waals surface area contributed by atoms with Crippen LogP contribution in [0.3, 0.4) is 0 Å². The quantitative estimate of drug-likeness (QED) is 0.655. The second-order valence-corrected chi connectivity index (χ2v) is 6.67. The molecule has 0 radical (unpaired) electrons. The molecular weight excluding hydrogens is 322 g/mol. The van der Waals surface area contributed by atoms with Crippen molar-refractivity contribution in [1.82, 2.24) is 4.90 Å². The summed E-state index contributed by atoms with van der Waals surface area (Å²) in [5, 5.41) is 2.41. The highest BCUT2D eigenvalue weighted by Gasteiger charge is 2.11. The molecule has 3 nitrogen and oxygen atoms in total. The lowest BCUT2D eigenvalue weighted by Gasteiger charge is -2.15. The summed E-state index contributed by atoms with van der Waals surface area (Å²) in [6.45, 7) is 1.34. The van der Waals surface area contributed by atoms with Gasteiger partial charge in [-0.15, -0.1) is 0 Å². The van der Waals surface area contributed by atoms with Gasteiger partial charge in [0, 0.05) is 26.1 Å². The van der Waals surface area contributed by atoms with Crippen molar-refractivity contribution in [2.24, 2.45) is 0 Å². The smallest absolute Gasteiger partial charge is 0.246 e. The molecule has 0 aliphatic carbocycles. The van der Waals surface area contributed by atoms with E-state index in [1.54, 1.807) is 11.0 Å². The van der Waals surface area contributed by atoms with Gasteiger partial charge in [-0.25, -0.2) is 0 Å². The van der Waals surface area contributed by atoms with Crippen LogP contribution >= 0.6 is 0 Å². The maximum atomic E-state index is 12.4. The van der Waals surface area contributed by atoms with Crippen molar-refractivity contribution in [1.29, 1.82) is 0 Å². The van der Waals surface area contributed by atoms with Gasteiger partial charge in [0.2, 0.25) is 5.91 Å². The first-order valence-electron chi connectivity index (χ1n) is 8.86. The number of amides is 1. The third kappa shape index (κ3) is 3.47. The Kier molecular flexibility index (Phi) is 4.44. The number of benzene rings is 3. The van der Waals surface area contributed by atoms with Gasteiger partial charge < -0.3 is 9.64 Å². The van der Waals surface area contributed by atoms with E-state index in [4.69, 9.17) is 4.74 Å². The minimum absolute atomic E-state index is 0.00472. The lowest BCUT2D eigenvalue weighted by molar-refractivity contribution is -0.125. The molecule has 0 unspecified atom stereocenters. The summed E-state index contributed by atoms with van der Waals surface area (Å²) < 4.78 is 5.51. The topological polar surface area (TPSA) is 29.5 Å². The normalized spacial score (nSPS) is 13.0. The zero-order valence-electron chi connectivity index (χ0n) is 14.8. The Morgan fingerprint density at radius 1 is 1.08 bits per heavy atom. The van der Waals surface area contributed by atoms with E-state index in [2.05, 4.69) is 36.4 Å². The van der Waals surface area contributed by atoms with Crippen LogP contribution in [0.5, 0.6) is 5.75 Å². The number of hydrogen-bond acceptors (Lipinski definition) is 2. The zero-order chi connectivity index (χ0) is 17.9. The molecule has 0 fully saturated rings. The highest BCUT2D eigenvalue weighted by Crippen LogP contribution is 2.26. The van der Waals surface area contributed by atoms with Gasteiger partial charge in [0.25, 0.3) is 0 Å². The molecule has 1 amide bonds. The predicted octanol–water partition coefficient (Wildman–Crippen LogP) is 4.45. The van der Waals surface area contributed by atoms with Gasteiger partial charge in [0.15, 0.2) is 0 Å². The van der Waals surface area contributed by atoms with E-state index in [0.717, 1.165) is 29.9 Å². The molecule has 130 valence electrons. The Labute approximate surface area is 153 Å². The third-order valence-electron chi connectivity index (χ3n) is 4.74. The SMILES string of the molecule is CN(Cc1ccc2ccccc2c1)C(=O)C=Cc1ccc2c(c1)CCO2. The first-order valence-corrected chi connectivity index (χ1v) is 8.86. The van der Waals surface area contributed by atoms with Gasteiger partial charge in [-0.3, -0.25) is 4.79 Å². The summed E-state index contributed by atoms with van der Waals surface area (Å²) in [6.07, 6.45) is 4.45. The fourth-order valence-electron chi connectivity index (χ4n) is 3.29. The number of carbonyl (C=O) groups excluding carboxylic acids is 1. The van der Waals surface area contributed by atoms with Gasteiger partial charge in [-0.2, -0.15) is 0 Å². The summed E-state index contributed by atoms with van der Waals surface area (Å²) in [5.74, 6) is 0.955. The molecule has 3 aromatic rings. The molecule has 0 aromatic heterocycles. The lowest BCUT2D eigenvalue weighted by Crippen LogP contribution is -2.24. The predicted molar refractivity (Wildman–Crippen MR) is 105 cm³/mol. The Bertz CT molecular complexity index is 990. The fourth-order valence-corrected chi connectivity index (χ4v) is 3.29. The average Bonchev–Trinajstić information content (AvgIpc) is 3.13. The Balaban J connectivity index is 1.43. The van der Waals surface area contributed by atoms with E-state index in [1.165, 1.54) is 16.3 Å². The first kappa shape index (κ1) is 16.4. The molecule has 26 heavy (non-hydrogen) atoms. The van der Waals surface area contributed by atoms with E-state index >= 15 is 0 Å². The second-order valence-electron chi connectivity index (χ2n) is 6.67. The fraction of sp³-hybridized carbons (Fsp3) is 0.174.